The average molecular weight is 358 g/mol. The highest BCUT2D eigenvalue weighted by molar-refractivity contribution is 7.89. The fourth-order valence-corrected chi connectivity index (χ4v) is 4.94. The van der Waals surface area contributed by atoms with Crippen LogP contribution in [0.25, 0.3) is 0 Å². The summed E-state index contributed by atoms with van der Waals surface area (Å²) in [5.41, 5.74) is 4.37. The van der Waals surface area contributed by atoms with Gasteiger partial charge in [0.2, 0.25) is 15.9 Å². The van der Waals surface area contributed by atoms with Crippen LogP contribution in [0.2, 0.25) is 0 Å². The molecular weight excluding hydrogens is 336 g/mol. The molecular formula is C19H22N2O3S. The van der Waals surface area contributed by atoms with Crippen molar-refractivity contribution in [2.75, 3.05) is 18.0 Å². The van der Waals surface area contributed by atoms with Gasteiger partial charge in [-0.15, -0.1) is 0 Å². The van der Waals surface area contributed by atoms with Gasteiger partial charge in [0.05, 0.1) is 11.4 Å². The third-order valence-electron chi connectivity index (χ3n) is 4.48. The van der Waals surface area contributed by atoms with Crippen molar-refractivity contribution < 1.29 is 13.2 Å². The molecule has 1 aliphatic heterocycles. The fourth-order valence-electron chi connectivity index (χ4n) is 3.51. The second kappa shape index (κ2) is 6.61. The molecule has 1 heterocycles. The van der Waals surface area contributed by atoms with Gasteiger partial charge in [-0.1, -0.05) is 35.9 Å². The van der Waals surface area contributed by atoms with Crippen molar-refractivity contribution in [3.63, 3.8) is 0 Å². The summed E-state index contributed by atoms with van der Waals surface area (Å²) in [7, 11) is -3.74. The van der Waals surface area contributed by atoms with Crippen LogP contribution in [0.3, 0.4) is 0 Å². The second-order valence-corrected chi connectivity index (χ2v) is 8.18. The molecule has 3 rings (SSSR count). The van der Waals surface area contributed by atoms with E-state index in [0.717, 1.165) is 23.2 Å². The zero-order chi connectivity index (χ0) is 18.2. The number of carbonyl (C=O) groups excluding carboxylic acids is 1. The lowest BCUT2D eigenvalue weighted by atomic mass is 10.1. The van der Waals surface area contributed by atoms with Crippen molar-refractivity contribution in [1.29, 1.82) is 0 Å². The number of carbonyl (C=O) groups is 1. The molecule has 0 saturated heterocycles. The predicted molar refractivity (Wildman–Crippen MR) is 98.3 cm³/mol. The van der Waals surface area contributed by atoms with Crippen molar-refractivity contribution >= 4 is 21.6 Å². The summed E-state index contributed by atoms with van der Waals surface area (Å²) < 4.78 is 27.8. The van der Waals surface area contributed by atoms with Crippen LogP contribution in [0.15, 0.2) is 41.3 Å². The van der Waals surface area contributed by atoms with Crippen molar-refractivity contribution in [1.82, 2.24) is 4.72 Å². The van der Waals surface area contributed by atoms with E-state index in [1.54, 1.807) is 18.7 Å². The number of anilines is 1. The first-order valence-electron chi connectivity index (χ1n) is 8.25. The highest BCUT2D eigenvalue weighted by Gasteiger charge is 2.26. The highest BCUT2D eigenvalue weighted by Crippen LogP contribution is 2.27. The molecule has 1 aliphatic rings. The van der Waals surface area contributed by atoms with E-state index in [2.05, 4.69) is 4.72 Å². The Morgan fingerprint density at radius 2 is 1.76 bits per heavy atom. The van der Waals surface area contributed by atoms with Gasteiger partial charge in [-0.2, -0.15) is 0 Å². The Morgan fingerprint density at radius 1 is 1.12 bits per heavy atom. The first-order valence-corrected chi connectivity index (χ1v) is 9.74. The average Bonchev–Trinajstić information content (AvgIpc) is 2.95. The molecule has 132 valence electrons. The van der Waals surface area contributed by atoms with Gasteiger partial charge < -0.3 is 4.90 Å². The van der Waals surface area contributed by atoms with Gasteiger partial charge >= 0.3 is 0 Å². The van der Waals surface area contributed by atoms with Crippen molar-refractivity contribution in [3.05, 3.63) is 58.7 Å². The predicted octanol–water partition coefficient (Wildman–Crippen LogP) is 2.48. The van der Waals surface area contributed by atoms with Crippen molar-refractivity contribution in [2.24, 2.45) is 0 Å². The first kappa shape index (κ1) is 17.6. The van der Waals surface area contributed by atoms with E-state index in [0.29, 0.717) is 17.7 Å². The van der Waals surface area contributed by atoms with Crippen LogP contribution in [0, 0.1) is 20.8 Å². The molecule has 6 heteroatoms. The topological polar surface area (TPSA) is 66.5 Å². The molecule has 1 N–H and O–H groups in total. The molecule has 1 amide bonds. The summed E-state index contributed by atoms with van der Waals surface area (Å²) in [6.45, 7) is 5.81. The van der Waals surface area contributed by atoms with Crippen LogP contribution in [-0.2, 0) is 21.2 Å². The van der Waals surface area contributed by atoms with Gasteiger partial charge in [0.15, 0.2) is 0 Å². The molecule has 0 fully saturated rings. The van der Waals surface area contributed by atoms with E-state index in [4.69, 9.17) is 0 Å². The number of sulfonamides is 1. The third-order valence-corrected chi connectivity index (χ3v) is 6.18. The van der Waals surface area contributed by atoms with E-state index in [1.165, 1.54) is 0 Å². The molecule has 0 atom stereocenters. The normalized spacial score (nSPS) is 13.8. The van der Waals surface area contributed by atoms with Crippen LogP contribution in [0.4, 0.5) is 5.69 Å². The third kappa shape index (κ3) is 3.45. The van der Waals surface area contributed by atoms with Crippen molar-refractivity contribution in [2.45, 2.75) is 32.1 Å². The van der Waals surface area contributed by atoms with E-state index >= 15 is 0 Å². The minimum atomic E-state index is -3.74. The molecule has 25 heavy (non-hydrogen) atoms. The lowest BCUT2D eigenvalue weighted by Gasteiger charge is -2.18. The Kier molecular flexibility index (Phi) is 4.67. The van der Waals surface area contributed by atoms with E-state index in [9.17, 15) is 13.2 Å². The van der Waals surface area contributed by atoms with Gasteiger partial charge in [0.25, 0.3) is 0 Å². The lowest BCUT2D eigenvalue weighted by molar-refractivity contribution is -0.117. The van der Waals surface area contributed by atoms with Gasteiger partial charge in [-0.25, -0.2) is 13.1 Å². The Labute approximate surface area is 148 Å². The zero-order valence-electron chi connectivity index (χ0n) is 14.7. The molecule has 0 spiro atoms. The lowest BCUT2D eigenvalue weighted by Crippen LogP contribution is -2.39. The summed E-state index contributed by atoms with van der Waals surface area (Å²) in [5.74, 6) is -0.240. The van der Waals surface area contributed by atoms with Crippen molar-refractivity contribution in [3.8, 4) is 0 Å². The fraction of sp³-hybridized carbons (Fsp3) is 0.316. The maximum absolute atomic E-state index is 12.7. The number of benzene rings is 2. The smallest absolute Gasteiger partial charge is 0.242 e. The number of hydrogen-bond donors (Lipinski definition) is 1. The maximum atomic E-state index is 12.7. The second-order valence-electron chi connectivity index (χ2n) is 6.48. The van der Waals surface area contributed by atoms with Gasteiger partial charge in [0.1, 0.15) is 0 Å². The number of aryl methyl sites for hydroxylation is 3. The standard InChI is InChI=1S/C19H22N2O3S/c1-13-10-14(2)19(15(3)11-13)25(23,24)20-12-18(22)21-9-8-16-6-4-5-7-17(16)21/h4-7,10-11,20H,8-9,12H2,1-3H3. The summed E-state index contributed by atoms with van der Waals surface area (Å²) >= 11 is 0. The Bertz CT molecular complexity index is 912. The molecule has 5 nitrogen and oxygen atoms in total. The van der Waals surface area contributed by atoms with Gasteiger partial charge in [-0.05, 0) is 49.9 Å². The Hall–Kier alpha value is -2.18. The number of rotatable bonds is 4. The van der Waals surface area contributed by atoms with Gasteiger partial charge in [-0.3, -0.25) is 4.79 Å². The summed E-state index contributed by atoms with van der Waals surface area (Å²) in [5, 5.41) is 0. The Morgan fingerprint density at radius 3 is 2.44 bits per heavy atom. The summed E-state index contributed by atoms with van der Waals surface area (Å²) in [4.78, 5) is 14.4. The van der Waals surface area contributed by atoms with E-state index in [-0.39, 0.29) is 17.3 Å². The number of hydrogen-bond acceptors (Lipinski definition) is 3. The zero-order valence-corrected chi connectivity index (χ0v) is 15.5. The molecule has 0 bridgehead atoms. The van der Waals surface area contributed by atoms with E-state index in [1.807, 2.05) is 43.3 Å². The maximum Gasteiger partial charge on any atom is 0.242 e. The Balaban J connectivity index is 1.77. The first-order chi connectivity index (χ1) is 11.8. The molecule has 0 saturated carbocycles. The summed E-state index contributed by atoms with van der Waals surface area (Å²) in [6, 6.07) is 11.4. The molecule has 0 aromatic heterocycles. The molecule has 2 aromatic rings. The van der Waals surface area contributed by atoms with Crippen LogP contribution in [0.1, 0.15) is 22.3 Å². The summed E-state index contributed by atoms with van der Waals surface area (Å²) in [6.07, 6.45) is 0.796. The van der Waals surface area contributed by atoms with Crippen LogP contribution in [-0.4, -0.2) is 27.4 Å². The van der Waals surface area contributed by atoms with E-state index < -0.39 is 10.0 Å². The highest BCUT2D eigenvalue weighted by atomic mass is 32.2. The number of nitrogens with zero attached hydrogens (tertiary/aromatic N) is 1. The largest absolute Gasteiger partial charge is 0.311 e. The monoisotopic (exact) mass is 358 g/mol. The molecule has 0 radical (unpaired) electrons. The minimum Gasteiger partial charge on any atom is -0.311 e. The molecule has 0 unspecified atom stereocenters. The quantitative estimate of drug-likeness (QED) is 0.913. The van der Waals surface area contributed by atoms with Crippen LogP contribution >= 0.6 is 0 Å². The number of nitrogens with one attached hydrogen (secondary N) is 1. The number of para-hydroxylation sites is 1. The minimum absolute atomic E-state index is 0.240. The number of amides is 1. The van der Waals surface area contributed by atoms with Crippen LogP contribution < -0.4 is 9.62 Å². The molecule has 2 aromatic carbocycles. The van der Waals surface area contributed by atoms with Gasteiger partial charge in [0, 0.05) is 12.2 Å². The number of fused-ring (bicyclic) bond motifs is 1. The molecule has 0 aliphatic carbocycles. The SMILES string of the molecule is Cc1cc(C)c(S(=O)(=O)NCC(=O)N2CCc3ccccc32)c(C)c1. The van der Waals surface area contributed by atoms with Crippen LogP contribution in [0.5, 0.6) is 0 Å².